The number of hydrogen-bond donors (Lipinski definition) is 0. The number of hydrogen-bond acceptors (Lipinski definition) is 6. The molecule has 0 fully saturated rings. The first-order chi connectivity index (χ1) is 18.4. The van der Waals surface area contributed by atoms with Crippen molar-refractivity contribution < 1.29 is 19.0 Å². The largest absolute Gasteiger partial charge is 0.496 e. The molecule has 0 unspecified atom stereocenters. The van der Waals surface area contributed by atoms with Crippen LogP contribution in [0.25, 0.3) is 22.0 Å². The quantitative estimate of drug-likeness (QED) is 0.308. The Bertz CT molecular complexity index is 1560. The van der Waals surface area contributed by atoms with Gasteiger partial charge in [0.15, 0.2) is 11.5 Å². The summed E-state index contributed by atoms with van der Waals surface area (Å²) in [4.78, 5) is 17.8. The molecule has 1 aromatic heterocycles. The molecule has 1 aliphatic heterocycles. The first-order valence-electron chi connectivity index (χ1n) is 12.5. The number of hydrazone groups is 1. The summed E-state index contributed by atoms with van der Waals surface area (Å²) in [6.45, 7) is 5.61. The number of amides is 1. The van der Waals surface area contributed by atoms with Gasteiger partial charge in [-0.3, -0.25) is 9.78 Å². The van der Waals surface area contributed by atoms with Gasteiger partial charge in [-0.25, -0.2) is 5.01 Å². The lowest BCUT2D eigenvalue weighted by atomic mass is 9.88. The zero-order chi connectivity index (χ0) is 27.0. The van der Waals surface area contributed by atoms with Crippen LogP contribution in [0.5, 0.6) is 17.2 Å². The van der Waals surface area contributed by atoms with Crippen LogP contribution in [0.15, 0.2) is 65.8 Å². The average Bonchev–Trinajstić information content (AvgIpc) is 3.37. The molecule has 1 aliphatic rings. The van der Waals surface area contributed by atoms with Crippen LogP contribution in [-0.2, 0) is 4.79 Å². The summed E-state index contributed by atoms with van der Waals surface area (Å²) in [6, 6.07) is 19.9. The number of fused-ring (bicyclic) bond motifs is 1. The van der Waals surface area contributed by atoms with Crippen molar-refractivity contribution in [2.24, 2.45) is 5.10 Å². The van der Waals surface area contributed by atoms with Crippen LogP contribution in [0, 0.1) is 13.8 Å². The Morgan fingerprint density at radius 1 is 0.868 bits per heavy atom. The van der Waals surface area contributed by atoms with Crippen molar-refractivity contribution >= 4 is 22.5 Å². The normalized spacial score (nSPS) is 14.9. The monoisotopic (exact) mass is 509 g/mol. The molecule has 0 bridgehead atoms. The fourth-order valence-corrected chi connectivity index (χ4v) is 5.26. The molecule has 1 atom stereocenters. The Morgan fingerprint density at radius 2 is 1.55 bits per heavy atom. The maximum absolute atomic E-state index is 12.9. The van der Waals surface area contributed by atoms with E-state index in [2.05, 4.69) is 37.3 Å². The lowest BCUT2D eigenvalue weighted by Crippen LogP contribution is -2.24. The molecule has 2 heterocycles. The summed E-state index contributed by atoms with van der Waals surface area (Å²) >= 11 is 0. The van der Waals surface area contributed by atoms with Gasteiger partial charge in [-0.1, -0.05) is 42.0 Å². The fraction of sp³-hybridized carbons (Fsp3) is 0.258. The molecule has 0 radical (unpaired) electrons. The van der Waals surface area contributed by atoms with E-state index < -0.39 is 0 Å². The van der Waals surface area contributed by atoms with Gasteiger partial charge in [0.1, 0.15) is 5.75 Å². The molecule has 0 saturated heterocycles. The van der Waals surface area contributed by atoms with Crippen LogP contribution in [0.3, 0.4) is 0 Å². The number of methoxy groups -OCH3 is 3. The van der Waals surface area contributed by atoms with Gasteiger partial charge in [-0.05, 0) is 37.6 Å². The molecule has 7 heteroatoms. The Morgan fingerprint density at radius 3 is 2.21 bits per heavy atom. The highest BCUT2D eigenvalue weighted by atomic mass is 16.5. The first-order valence-corrected chi connectivity index (χ1v) is 12.5. The third-order valence-corrected chi connectivity index (χ3v) is 7.00. The van der Waals surface area contributed by atoms with E-state index in [0.29, 0.717) is 23.7 Å². The number of benzene rings is 3. The predicted molar refractivity (Wildman–Crippen MR) is 149 cm³/mol. The van der Waals surface area contributed by atoms with Crippen LogP contribution in [0.2, 0.25) is 0 Å². The number of carbonyl (C=O) groups excluding carboxylic acids is 1. The van der Waals surface area contributed by atoms with E-state index in [0.717, 1.165) is 50.1 Å². The first kappa shape index (κ1) is 25.3. The van der Waals surface area contributed by atoms with E-state index in [-0.39, 0.29) is 11.9 Å². The van der Waals surface area contributed by atoms with E-state index in [1.807, 2.05) is 31.2 Å². The number of aromatic nitrogens is 1. The summed E-state index contributed by atoms with van der Waals surface area (Å²) in [7, 11) is 4.77. The second kappa shape index (κ2) is 10.2. The summed E-state index contributed by atoms with van der Waals surface area (Å²) in [5.74, 6) is 1.55. The molecule has 0 N–H and O–H groups in total. The van der Waals surface area contributed by atoms with Crippen molar-refractivity contribution in [1.82, 2.24) is 9.99 Å². The third kappa shape index (κ3) is 4.34. The van der Waals surface area contributed by atoms with Crippen molar-refractivity contribution in [2.45, 2.75) is 33.2 Å². The van der Waals surface area contributed by atoms with Gasteiger partial charge in [0, 0.05) is 47.2 Å². The Labute approximate surface area is 222 Å². The number of rotatable bonds is 6. The zero-order valence-electron chi connectivity index (χ0n) is 22.5. The van der Waals surface area contributed by atoms with E-state index in [9.17, 15) is 4.79 Å². The highest BCUT2D eigenvalue weighted by Gasteiger charge is 2.36. The van der Waals surface area contributed by atoms with Crippen LogP contribution in [0.1, 0.15) is 41.8 Å². The number of pyridine rings is 1. The Hall–Kier alpha value is -4.39. The highest BCUT2D eigenvalue weighted by Crippen LogP contribution is 2.44. The van der Waals surface area contributed by atoms with Gasteiger partial charge in [0.25, 0.3) is 0 Å². The third-order valence-electron chi connectivity index (χ3n) is 7.00. The molecule has 4 aromatic rings. The molecule has 194 valence electrons. The second-order valence-corrected chi connectivity index (χ2v) is 9.41. The van der Waals surface area contributed by atoms with Crippen LogP contribution in [0.4, 0.5) is 0 Å². The number of carbonyl (C=O) groups is 1. The van der Waals surface area contributed by atoms with E-state index in [4.69, 9.17) is 24.3 Å². The number of nitrogens with zero attached hydrogens (tertiary/aromatic N) is 3. The minimum atomic E-state index is -0.381. The molecular formula is C31H31N3O4. The summed E-state index contributed by atoms with van der Waals surface area (Å²) in [5, 5.41) is 7.49. The molecule has 3 aromatic carbocycles. The van der Waals surface area contributed by atoms with Crippen LogP contribution < -0.4 is 14.2 Å². The minimum Gasteiger partial charge on any atom is -0.496 e. The fourth-order valence-electron chi connectivity index (χ4n) is 5.26. The van der Waals surface area contributed by atoms with E-state index >= 15 is 0 Å². The summed E-state index contributed by atoms with van der Waals surface area (Å²) in [5.41, 5.74) is 7.63. The topological polar surface area (TPSA) is 73.3 Å². The lowest BCUT2D eigenvalue weighted by molar-refractivity contribution is -0.130. The smallest absolute Gasteiger partial charge is 0.240 e. The Balaban J connectivity index is 1.72. The molecule has 5 rings (SSSR count). The number of ether oxygens (including phenoxy) is 3. The van der Waals surface area contributed by atoms with Crippen LogP contribution >= 0.6 is 0 Å². The highest BCUT2D eigenvalue weighted by molar-refractivity contribution is 6.14. The lowest BCUT2D eigenvalue weighted by Gasteiger charge is -2.23. The van der Waals surface area contributed by atoms with Gasteiger partial charge in [0.2, 0.25) is 5.91 Å². The standard InChI is InChI=1S/C31H31N3O4/c1-18-12-13-24-22(14-18)31(21-10-8-7-9-11-21)30(19(2)32-24)25-16-26(34(33-25)20(3)35)23-15-28(37-5)29(38-6)17-27(23)36-4/h7-15,17,26H,16H2,1-6H3/t26-/m1/s1. The molecule has 7 nitrogen and oxygen atoms in total. The molecule has 1 amide bonds. The summed E-state index contributed by atoms with van der Waals surface area (Å²) < 4.78 is 16.8. The molecule has 0 spiro atoms. The van der Waals surface area contributed by atoms with Crippen molar-refractivity contribution in [3.63, 3.8) is 0 Å². The maximum atomic E-state index is 12.9. The van der Waals surface area contributed by atoms with Crippen molar-refractivity contribution in [3.05, 3.63) is 83.0 Å². The predicted octanol–water partition coefficient (Wildman–Crippen LogP) is 6.24. The van der Waals surface area contributed by atoms with Gasteiger partial charge in [-0.2, -0.15) is 5.10 Å². The number of aryl methyl sites for hydroxylation is 2. The zero-order valence-corrected chi connectivity index (χ0v) is 22.5. The average molecular weight is 510 g/mol. The molecule has 0 aliphatic carbocycles. The minimum absolute atomic E-state index is 0.162. The second-order valence-electron chi connectivity index (χ2n) is 9.41. The molecule has 0 saturated carbocycles. The van der Waals surface area contributed by atoms with Crippen molar-refractivity contribution in [2.75, 3.05) is 21.3 Å². The SMILES string of the molecule is COc1cc(OC)c([C@H]2CC(c3c(C)nc4ccc(C)cc4c3-c3ccccc3)=NN2C(C)=O)cc1OC. The van der Waals surface area contributed by atoms with Gasteiger partial charge < -0.3 is 14.2 Å². The summed E-state index contributed by atoms with van der Waals surface area (Å²) in [6.07, 6.45) is 0.491. The van der Waals surface area contributed by atoms with Crippen molar-refractivity contribution in [3.8, 4) is 28.4 Å². The molecular weight excluding hydrogens is 478 g/mol. The van der Waals surface area contributed by atoms with Gasteiger partial charge in [-0.15, -0.1) is 0 Å². The van der Waals surface area contributed by atoms with E-state index in [1.54, 1.807) is 27.4 Å². The van der Waals surface area contributed by atoms with Crippen LogP contribution in [-0.4, -0.2) is 42.9 Å². The maximum Gasteiger partial charge on any atom is 0.240 e. The molecule has 38 heavy (non-hydrogen) atoms. The van der Waals surface area contributed by atoms with Gasteiger partial charge in [0.05, 0.1) is 38.6 Å². The Kier molecular flexibility index (Phi) is 6.76. The van der Waals surface area contributed by atoms with Gasteiger partial charge >= 0.3 is 0 Å². The van der Waals surface area contributed by atoms with Crippen molar-refractivity contribution in [1.29, 1.82) is 0 Å². The van der Waals surface area contributed by atoms with E-state index in [1.165, 1.54) is 11.9 Å².